The number of thiophene rings is 1. The lowest BCUT2D eigenvalue weighted by molar-refractivity contribution is 0.0597. The van der Waals surface area contributed by atoms with Crippen LogP contribution in [0.15, 0.2) is 41.8 Å². The van der Waals surface area contributed by atoms with E-state index in [-0.39, 0.29) is 5.97 Å². The summed E-state index contributed by atoms with van der Waals surface area (Å²) in [5.74, 6) is -0.292. The Hall–Kier alpha value is -1.69. The Morgan fingerprint density at radius 2 is 2.21 bits per heavy atom. The van der Waals surface area contributed by atoms with Gasteiger partial charge in [0.25, 0.3) is 0 Å². The molecule has 0 amide bonds. The van der Waals surface area contributed by atoms with Crippen LogP contribution in [0.25, 0.3) is 0 Å². The molecule has 0 aliphatic carbocycles. The number of carbonyl (C=O) groups is 1. The predicted octanol–water partition coefficient (Wildman–Crippen LogP) is 3.62. The first-order valence-corrected chi connectivity index (χ1v) is 9.18. The topological polar surface area (TPSA) is 49.8 Å². The van der Waals surface area contributed by atoms with Crippen LogP contribution < -0.4 is 0 Å². The molecule has 0 saturated carbocycles. The van der Waals surface area contributed by atoms with Gasteiger partial charge in [-0.25, -0.2) is 4.79 Å². The second-order valence-electron chi connectivity index (χ2n) is 6.18. The first kappa shape index (κ1) is 17.1. The maximum Gasteiger partial charge on any atom is 0.338 e. The maximum atomic E-state index is 11.9. The molecule has 1 fully saturated rings. The first-order chi connectivity index (χ1) is 11.7. The minimum atomic E-state index is -0.411. The number of esters is 1. The Morgan fingerprint density at radius 1 is 1.38 bits per heavy atom. The molecular formula is C19H23NO3S. The molecule has 5 heteroatoms. The van der Waals surface area contributed by atoms with Crippen LogP contribution >= 0.6 is 11.3 Å². The van der Waals surface area contributed by atoms with Crippen molar-refractivity contribution in [3.8, 4) is 0 Å². The van der Waals surface area contributed by atoms with Gasteiger partial charge in [-0.15, -0.1) is 11.3 Å². The van der Waals surface area contributed by atoms with E-state index in [9.17, 15) is 9.90 Å². The fourth-order valence-corrected chi connectivity index (χ4v) is 4.14. The highest BCUT2D eigenvalue weighted by molar-refractivity contribution is 7.10. The molecule has 0 spiro atoms. The maximum absolute atomic E-state index is 11.9. The Labute approximate surface area is 146 Å². The van der Waals surface area contributed by atoms with Gasteiger partial charge in [0, 0.05) is 17.5 Å². The third kappa shape index (κ3) is 3.86. The highest BCUT2D eigenvalue weighted by atomic mass is 32.1. The van der Waals surface area contributed by atoms with E-state index in [0.29, 0.717) is 18.2 Å². The Bertz CT molecular complexity index is 671. The molecule has 24 heavy (non-hydrogen) atoms. The average Bonchev–Trinajstić information content (AvgIpc) is 3.27. The standard InChI is InChI=1S/C19H23NO3S/c1-23-19(22)16-8-3-2-6-14(16)13-20-10-4-7-15(20)12-17(21)18-9-5-11-24-18/h2-3,5-6,8-9,11,15,17,21H,4,7,10,12-13H2,1H3. The van der Waals surface area contributed by atoms with Crippen LogP contribution in [0.1, 0.15) is 46.2 Å². The van der Waals surface area contributed by atoms with Crippen LogP contribution in [0.4, 0.5) is 0 Å². The van der Waals surface area contributed by atoms with Gasteiger partial charge < -0.3 is 9.84 Å². The van der Waals surface area contributed by atoms with Gasteiger partial charge >= 0.3 is 5.97 Å². The first-order valence-electron chi connectivity index (χ1n) is 8.30. The van der Waals surface area contributed by atoms with E-state index >= 15 is 0 Å². The fraction of sp³-hybridized carbons (Fsp3) is 0.421. The number of nitrogens with zero attached hydrogens (tertiary/aromatic N) is 1. The predicted molar refractivity (Wildman–Crippen MR) is 95.1 cm³/mol. The van der Waals surface area contributed by atoms with Crippen LogP contribution in [0.2, 0.25) is 0 Å². The largest absolute Gasteiger partial charge is 0.465 e. The number of methoxy groups -OCH3 is 1. The summed E-state index contributed by atoms with van der Waals surface area (Å²) in [7, 11) is 1.41. The van der Waals surface area contributed by atoms with E-state index < -0.39 is 6.10 Å². The van der Waals surface area contributed by atoms with Crippen molar-refractivity contribution in [1.82, 2.24) is 4.90 Å². The zero-order valence-electron chi connectivity index (χ0n) is 13.9. The molecule has 1 aromatic carbocycles. The van der Waals surface area contributed by atoms with E-state index in [1.54, 1.807) is 11.3 Å². The lowest BCUT2D eigenvalue weighted by atomic mass is 10.0. The summed E-state index contributed by atoms with van der Waals surface area (Å²) >= 11 is 1.60. The number of hydrogen-bond donors (Lipinski definition) is 1. The van der Waals surface area contributed by atoms with Crippen molar-refractivity contribution in [3.05, 3.63) is 57.8 Å². The minimum Gasteiger partial charge on any atom is -0.465 e. The van der Waals surface area contributed by atoms with Gasteiger partial charge in [0.1, 0.15) is 0 Å². The summed E-state index contributed by atoms with van der Waals surface area (Å²) < 4.78 is 4.89. The van der Waals surface area contributed by atoms with Gasteiger partial charge in [0.2, 0.25) is 0 Å². The molecule has 1 saturated heterocycles. The molecule has 1 N–H and O–H groups in total. The smallest absolute Gasteiger partial charge is 0.338 e. The number of aliphatic hydroxyl groups excluding tert-OH is 1. The van der Waals surface area contributed by atoms with Crippen LogP contribution in [-0.2, 0) is 11.3 Å². The number of aliphatic hydroxyl groups is 1. The van der Waals surface area contributed by atoms with Crippen molar-refractivity contribution >= 4 is 17.3 Å². The van der Waals surface area contributed by atoms with Crippen molar-refractivity contribution in [2.75, 3.05) is 13.7 Å². The average molecular weight is 345 g/mol. The van der Waals surface area contributed by atoms with Crippen LogP contribution in [-0.4, -0.2) is 35.7 Å². The summed E-state index contributed by atoms with van der Waals surface area (Å²) in [5, 5.41) is 12.4. The molecule has 128 valence electrons. The molecule has 3 rings (SSSR count). The monoisotopic (exact) mass is 345 g/mol. The third-order valence-corrected chi connectivity index (χ3v) is 5.64. The third-order valence-electron chi connectivity index (χ3n) is 4.66. The Kier molecular flexibility index (Phi) is 5.66. The molecule has 0 bridgehead atoms. The van der Waals surface area contributed by atoms with Crippen LogP contribution in [0.5, 0.6) is 0 Å². The summed E-state index contributed by atoms with van der Waals surface area (Å²) in [6.45, 7) is 1.71. The van der Waals surface area contributed by atoms with Gasteiger partial charge in [-0.05, 0) is 48.9 Å². The zero-order chi connectivity index (χ0) is 16.9. The number of ether oxygens (including phenoxy) is 1. The van der Waals surface area contributed by atoms with Gasteiger partial charge in [-0.3, -0.25) is 4.90 Å². The molecule has 0 radical (unpaired) electrons. The number of rotatable bonds is 6. The lowest BCUT2D eigenvalue weighted by Crippen LogP contribution is -2.31. The fourth-order valence-electron chi connectivity index (χ4n) is 3.41. The number of carbonyl (C=O) groups excluding carboxylic acids is 1. The number of benzene rings is 1. The molecule has 2 heterocycles. The zero-order valence-corrected chi connectivity index (χ0v) is 14.7. The Balaban J connectivity index is 1.69. The van der Waals surface area contributed by atoms with Crippen LogP contribution in [0, 0.1) is 0 Å². The molecule has 1 aliphatic rings. The SMILES string of the molecule is COC(=O)c1ccccc1CN1CCCC1CC(O)c1cccs1. The van der Waals surface area contributed by atoms with Gasteiger partial charge in [0.05, 0.1) is 18.8 Å². The van der Waals surface area contributed by atoms with Gasteiger partial charge in [0.15, 0.2) is 0 Å². The molecule has 2 unspecified atom stereocenters. The minimum absolute atomic E-state index is 0.292. The van der Waals surface area contributed by atoms with Crippen molar-refractivity contribution in [2.45, 2.75) is 38.0 Å². The molecule has 1 aliphatic heterocycles. The number of hydrogen-bond acceptors (Lipinski definition) is 5. The molecule has 2 atom stereocenters. The number of likely N-dealkylation sites (tertiary alicyclic amines) is 1. The van der Waals surface area contributed by atoms with E-state index in [0.717, 1.165) is 36.2 Å². The lowest BCUT2D eigenvalue weighted by Gasteiger charge is -2.26. The van der Waals surface area contributed by atoms with Crippen molar-refractivity contribution in [3.63, 3.8) is 0 Å². The van der Waals surface area contributed by atoms with Gasteiger partial charge in [-0.2, -0.15) is 0 Å². The summed E-state index contributed by atoms with van der Waals surface area (Å²) in [6.07, 6.45) is 2.54. The molecule has 1 aromatic heterocycles. The van der Waals surface area contributed by atoms with Crippen molar-refractivity contribution < 1.29 is 14.6 Å². The van der Waals surface area contributed by atoms with Crippen molar-refractivity contribution in [2.24, 2.45) is 0 Å². The molecular weight excluding hydrogens is 322 g/mol. The van der Waals surface area contributed by atoms with E-state index in [1.165, 1.54) is 7.11 Å². The highest BCUT2D eigenvalue weighted by Gasteiger charge is 2.28. The second-order valence-corrected chi connectivity index (χ2v) is 7.16. The van der Waals surface area contributed by atoms with Gasteiger partial charge in [-0.1, -0.05) is 24.3 Å². The van der Waals surface area contributed by atoms with Crippen molar-refractivity contribution in [1.29, 1.82) is 0 Å². The molecule has 2 aromatic rings. The van der Waals surface area contributed by atoms with E-state index in [2.05, 4.69) is 4.90 Å². The quantitative estimate of drug-likeness (QED) is 0.813. The van der Waals surface area contributed by atoms with Crippen LogP contribution in [0.3, 0.4) is 0 Å². The highest BCUT2D eigenvalue weighted by Crippen LogP contribution is 2.30. The van der Waals surface area contributed by atoms with E-state index in [1.807, 2.05) is 41.8 Å². The summed E-state index contributed by atoms with van der Waals surface area (Å²) in [6, 6.07) is 11.9. The normalized spacial score (nSPS) is 19.3. The molecule has 4 nitrogen and oxygen atoms in total. The Morgan fingerprint density at radius 3 is 2.96 bits per heavy atom. The summed E-state index contributed by atoms with van der Waals surface area (Å²) in [4.78, 5) is 15.3. The van der Waals surface area contributed by atoms with E-state index in [4.69, 9.17) is 4.74 Å². The summed E-state index contributed by atoms with van der Waals surface area (Å²) in [5.41, 5.74) is 1.62. The second kappa shape index (κ2) is 7.92.